The predicted molar refractivity (Wildman–Crippen MR) is 82.1 cm³/mol. The Balaban J connectivity index is 1.77. The molecule has 0 radical (unpaired) electrons. The highest BCUT2D eigenvalue weighted by Gasteiger charge is 2.62. The first-order valence-corrected chi connectivity index (χ1v) is 8.66. The van der Waals surface area contributed by atoms with Gasteiger partial charge in [0.2, 0.25) is 0 Å². The molecule has 4 rings (SSSR count). The number of hydrogen-bond acceptors (Lipinski definition) is 3. The van der Waals surface area contributed by atoms with Crippen LogP contribution in [-0.4, -0.2) is 17.3 Å². The molecule has 0 unspecified atom stereocenters. The number of carbonyl (C=O) groups excluding carboxylic acids is 3. The molecule has 3 nitrogen and oxygen atoms in total. The molecular weight excluding hydrogens is 276 g/mol. The van der Waals surface area contributed by atoms with E-state index >= 15 is 0 Å². The average Bonchev–Trinajstić information content (AvgIpc) is 2.75. The Hall–Kier alpha value is -1.25. The number of ketones is 3. The second-order valence-corrected chi connectivity index (χ2v) is 8.36. The van der Waals surface area contributed by atoms with Crippen molar-refractivity contribution in [3.8, 4) is 0 Å². The van der Waals surface area contributed by atoms with Gasteiger partial charge in [0.25, 0.3) is 0 Å². The van der Waals surface area contributed by atoms with Gasteiger partial charge in [0, 0.05) is 30.6 Å². The number of Topliss-reactive ketones (excluding diaryl/α,β-unsaturated/α-hetero) is 2. The summed E-state index contributed by atoms with van der Waals surface area (Å²) < 4.78 is 0. The van der Waals surface area contributed by atoms with Crippen LogP contribution in [0.15, 0.2) is 11.6 Å². The normalized spacial score (nSPS) is 47.6. The number of allylic oxidation sites excluding steroid dienone is 1. The molecule has 0 heterocycles. The van der Waals surface area contributed by atoms with Crippen LogP contribution in [0.3, 0.4) is 0 Å². The molecule has 22 heavy (non-hydrogen) atoms. The molecule has 0 amide bonds. The van der Waals surface area contributed by atoms with Gasteiger partial charge in [-0.1, -0.05) is 19.4 Å². The van der Waals surface area contributed by atoms with Gasteiger partial charge in [0.15, 0.2) is 5.78 Å². The zero-order chi connectivity index (χ0) is 15.7. The maximum Gasteiger partial charge on any atom is 0.155 e. The molecule has 5 atom stereocenters. The molecule has 3 fully saturated rings. The van der Waals surface area contributed by atoms with E-state index in [1.165, 1.54) is 5.57 Å². The molecule has 4 aliphatic rings. The highest BCUT2D eigenvalue weighted by atomic mass is 16.1. The molecule has 3 saturated carbocycles. The van der Waals surface area contributed by atoms with E-state index in [-0.39, 0.29) is 22.9 Å². The molecule has 0 saturated heterocycles. The standard InChI is InChI=1S/C19H24O3/c1-18-8-7-12(20)9-11(18)3-4-13-14-5-6-16(22)19(14,2)10-15(21)17(13)18/h9,13-14,17H,3-8,10H2,1-2H3/t13-,14-,17-,18+,19+/m1/s1. The van der Waals surface area contributed by atoms with E-state index in [0.29, 0.717) is 36.9 Å². The highest BCUT2D eigenvalue weighted by Crippen LogP contribution is 2.63. The minimum atomic E-state index is -0.402. The second kappa shape index (κ2) is 4.39. The summed E-state index contributed by atoms with van der Waals surface area (Å²) in [5, 5.41) is 0. The van der Waals surface area contributed by atoms with Crippen molar-refractivity contribution in [2.45, 2.75) is 58.8 Å². The molecule has 0 aromatic rings. The molecule has 3 heteroatoms. The van der Waals surface area contributed by atoms with E-state index < -0.39 is 5.41 Å². The Morgan fingerprint density at radius 2 is 1.77 bits per heavy atom. The molecule has 0 aromatic heterocycles. The largest absolute Gasteiger partial charge is 0.299 e. The van der Waals surface area contributed by atoms with Crippen LogP contribution in [-0.2, 0) is 14.4 Å². The molecular formula is C19H24O3. The summed E-state index contributed by atoms with van der Waals surface area (Å²) in [6, 6.07) is 0. The van der Waals surface area contributed by atoms with E-state index in [4.69, 9.17) is 0 Å². The van der Waals surface area contributed by atoms with Crippen LogP contribution in [0, 0.1) is 28.6 Å². The van der Waals surface area contributed by atoms with Crippen LogP contribution in [0.1, 0.15) is 58.8 Å². The molecule has 0 bridgehead atoms. The topological polar surface area (TPSA) is 51.2 Å². The van der Waals surface area contributed by atoms with Crippen molar-refractivity contribution in [2.75, 3.05) is 0 Å². The Bertz CT molecular complexity index is 616. The van der Waals surface area contributed by atoms with Gasteiger partial charge >= 0.3 is 0 Å². The summed E-state index contributed by atoms with van der Waals surface area (Å²) >= 11 is 0. The Morgan fingerprint density at radius 1 is 1.00 bits per heavy atom. The molecule has 118 valence electrons. The third-order valence-electron chi connectivity index (χ3n) is 7.36. The molecule has 0 aromatic carbocycles. The van der Waals surface area contributed by atoms with Gasteiger partial charge in [-0.3, -0.25) is 14.4 Å². The average molecular weight is 300 g/mol. The van der Waals surface area contributed by atoms with Crippen molar-refractivity contribution in [3.63, 3.8) is 0 Å². The lowest BCUT2D eigenvalue weighted by Crippen LogP contribution is -2.55. The van der Waals surface area contributed by atoms with Gasteiger partial charge in [-0.2, -0.15) is 0 Å². The fourth-order valence-electron chi connectivity index (χ4n) is 6.16. The fraction of sp³-hybridized carbons (Fsp3) is 0.737. The van der Waals surface area contributed by atoms with Crippen molar-refractivity contribution in [1.82, 2.24) is 0 Å². The Morgan fingerprint density at radius 3 is 2.55 bits per heavy atom. The van der Waals surface area contributed by atoms with Crippen LogP contribution >= 0.6 is 0 Å². The number of rotatable bonds is 0. The first-order chi connectivity index (χ1) is 10.4. The third kappa shape index (κ3) is 1.65. The number of fused-ring (bicyclic) bond motifs is 5. The van der Waals surface area contributed by atoms with Crippen LogP contribution in [0.2, 0.25) is 0 Å². The van der Waals surface area contributed by atoms with Crippen LogP contribution < -0.4 is 0 Å². The van der Waals surface area contributed by atoms with Gasteiger partial charge < -0.3 is 0 Å². The zero-order valence-corrected chi connectivity index (χ0v) is 13.5. The molecule has 0 spiro atoms. The lowest BCUT2D eigenvalue weighted by Gasteiger charge is -2.55. The SMILES string of the molecule is C[C@]12CCC(=O)C=C1CC[C@@H]1[C@H]3CCC(=O)[C@@]3(C)CC(=O)[C@@H]12. The van der Waals surface area contributed by atoms with Crippen molar-refractivity contribution < 1.29 is 14.4 Å². The Kier molecular flexibility index (Phi) is 2.87. The van der Waals surface area contributed by atoms with Gasteiger partial charge in [-0.05, 0) is 49.0 Å². The van der Waals surface area contributed by atoms with E-state index in [9.17, 15) is 14.4 Å². The van der Waals surface area contributed by atoms with Crippen LogP contribution in [0.25, 0.3) is 0 Å². The lowest BCUT2D eigenvalue weighted by molar-refractivity contribution is -0.149. The summed E-state index contributed by atoms with van der Waals surface area (Å²) in [7, 11) is 0. The van der Waals surface area contributed by atoms with E-state index in [2.05, 4.69) is 6.92 Å². The van der Waals surface area contributed by atoms with E-state index in [0.717, 1.165) is 25.7 Å². The van der Waals surface area contributed by atoms with Crippen molar-refractivity contribution in [2.24, 2.45) is 28.6 Å². The summed E-state index contributed by atoms with van der Waals surface area (Å²) in [5.74, 6) is 1.54. The summed E-state index contributed by atoms with van der Waals surface area (Å²) in [5.41, 5.74) is 0.660. The highest BCUT2D eigenvalue weighted by molar-refractivity contribution is 5.96. The van der Waals surface area contributed by atoms with Crippen molar-refractivity contribution in [3.05, 3.63) is 11.6 Å². The monoisotopic (exact) mass is 300 g/mol. The molecule has 4 aliphatic carbocycles. The van der Waals surface area contributed by atoms with Crippen LogP contribution in [0.4, 0.5) is 0 Å². The van der Waals surface area contributed by atoms with E-state index in [1.807, 2.05) is 13.0 Å². The van der Waals surface area contributed by atoms with Gasteiger partial charge in [0.05, 0.1) is 0 Å². The summed E-state index contributed by atoms with van der Waals surface area (Å²) in [6.07, 6.45) is 7.12. The Labute approximate surface area is 131 Å². The maximum absolute atomic E-state index is 13.0. The van der Waals surface area contributed by atoms with Gasteiger partial charge in [0.1, 0.15) is 11.6 Å². The molecule has 0 aliphatic heterocycles. The first kappa shape index (κ1) is 14.3. The van der Waals surface area contributed by atoms with Gasteiger partial charge in [-0.15, -0.1) is 0 Å². The minimum Gasteiger partial charge on any atom is -0.299 e. The van der Waals surface area contributed by atoms with Gasteiger partial charge in [-0.25, -0.2) is 0 Å². The number of carbonyl (C=O) groups is 3. The fourth-order valence-corrected chi connectivity index (χ4v) is 6.16. The summed E-state index contributed by atoms with van der Waals surface area (Å²) in [4.78, 5) is 37.1. The smallest absolute Gasteiger partial charge is 0.155 e. The second-order valence-electron chi connectivity index (χ2n) is 8.36. The number of hydrogen-bond donors (Lipinski definition) is 0. The molecule has 0 N–H and O–H groups in total. The zero-order valence-electron chi connectivity index (χ0n) is 13.5. The quantitative estimate of drug-likeness (QED) is 0.690. The maximum atomic E-state index is 13.0. The lowest BCUT2D eigenvalue weighted by atomic mass is 9.47. The first-order valence-electron chi connectivity index (χ1n) is 8.66. The van der Waals surface area contributed by atoms with Crippen molar-refractivity contribution in [1.29, 1.82) is 0 Å². The third-order valence-corrected chi connectivity index (χ3v) is 7.36. The van der Waals surface area contributed by atoms with Crippen molar-refractivity contribution >= 4 is 17.3 Å². The van der Waals surface area contributed by atoms with E-state index in [1.54, 1.807) is 0 Å². The summed E-state index contributed by atoms with van der Waals surface area (Å²) in [6.45, 7) is 4.22. The predicted octanol–water partition coefficient (Wildman–Crippen LogP) is 3.27. The minimum absolute atomic E-state index is 0.0320. The van der Waals surface area contributed by atoms with Crippen LogP contribution in [0.5, 0.6) is 0 Å².